The van der Waals surface area contributed by atoms with E-state index in [1.165, 1.54) is 24.3 Å². The third-order valence-corrected chi connectivity index (χ3v) is 4.66. The fraction of sp³-hybridized carbons (Fsp3) is 0.0588. The molecule has 0 aliphatic heterocycles. The lowest BCUT2D eigenvalue weighted by atomic mass is 10.2. The number of nitro groups is 1. The van der Waals surface area contributed by atoms with Gasteiger partial charge in [-0.05, 0) is 45.8 Å². The Balaban J connectivity index is 1.66. The van der Waals surface area contributed by atoms with Gasteiger partial charge in [0.25, 0.3) is 0 Å². The van der Waals surface area contributed by atoms with Crippen molar-refractivity contribution >= 4 is 62.8 Å². The molecule has 2 heterocycles. The van der Waals surface area contributed by atoms with Crippen molar-refractivity contribution in [1.29, 1.82) is 0 Å². The fourth-order valence-electron chi connectivity index (χ4n) is 2.23. The van der Waals surface area contributed by atoms with Crippen molar-refractivity contribution in [3.05, 3.63) is 78.6 Å². The maximum atomic E-state index is 12.1. The Labute approximate surface area is 177 Å². The number of carbonyl (C=O) groups is 1. The van der Waals surface area contributed by atoms with Crippen LogP contribution in [0.3, 0.4) is 0 Å². The number of nitrogens with one attached hydrogen (secondary N) is 1. The Morgan fingerprint density at radius 3 is 2.82 bits per heavy atom. The number of carbonyl (C=O) groups excluding carboxylic acids is 1. The highest BCUT2D eigenvalue weighted by Gasteiger charge is 2.12. The molecule has 0 radical (unpaired) electrons. The first-order valence-electron chi connectivity index (χ1n) is 7.72. The van der Waals surface area contributed by atoms with Crippen molar-refractivity contribution in [1.82, 2.24) is 9.78 Å². The molecule has 0 spiro atoms. The quantitative estimate of drug-likeness (QED) is 0.295. The Hall–Kier alpha value is -2.62. The summed E-state index contributed by atoms with van der Waals surface area (Å²) in [5, 5.41) is 18.5. The molecule has 0 bridgehead atoms. The molecule has 11 heteroatoms. The minimum Gasteiger partial charge on any atom is -0.401 e. The average molecular weight is 486 g/mol. The van der Waals surface area contributed by atoms with Crippen LogP contribution in [-0.2, 0) is 11.3 Å². The molecule has 0 unspecified atom stereocenters. The van der Waals surface area contributed by atoms with Gasteiger partial charge < -0.3 is 9.73 Å². The largest absolute Gasteiger partial charge is 0.433 e. The van der Waals surface area contributed by atoms with Crippen LogP contribution < -0.4 is 5.32 Å². The number of benzene rings is 1. The molecule has 0 saturated carbocycles. The van der Waals surface area contributed by atoms with Gasteiger partial charge in [0.05, 0.1) is 17.1 Å². The van der Waals surface area contributed by atoms with Gasteiger partial charge in [-0.1, -0.05) is 29.3 Å². The summed E-state index contributed by atoms with van der Waals surface area (Å²) in [4.78, 5) is 22.0. The predicted molar refractivity (Wildman–Crippen MR) is 109 cm³/mol. The van der Waals surface area contributed by atoms with Crippen molar-refractivity contribution < 1.29 is 14.1 Å². The lowest BCUT2D eigenvalue weighted by molar-refractivity contribution is -0.402. The normalized spacial score (nSPS) is 11.1. The van der Waals surface area contributed by atoms with Gasteiger partial charge in [0, 0.05) is 22.3 Å². The molecule has 0 saturated heterocycles. The Kier molecular flexibility index (Phi) is 6.18. The second-order valence-corrected chi connectivity index (χ2v) is 7.21. The second-order valence-electron chi connectivity index (χ2n) is 5.51. The van der Waals surface area contributed by atoms with E-state index in [1.54, 1.807) is 29.1 Å². The molecule has 1 aromatic carbocycles. The lowest BCUT2D eigenvalue weighted by Gasteiger charge is -2.05. The molecule has 2 aromatic heterocycles. The van der Waals surface area contributed by atoms with Crippen LogP contribution in [0.2, 0.25) is 10.0 Å². The van der Waals surface area contributed by atoms with Crippen molar-refractivity contribution in [2.45, 2.75) is 6.54 Å². The van der Waals surface area contributed by atoms with E-state index in [1.807, 2.05) is 0 Å². The molecule has 144 valence electrons. The molecular formula is C17H11BrCl2N4O4. The zero-order chi connectivity index (χ0) is 20.3. The molecule has 3 aromatic rings. The summed E-state index contributed by atoms with van der Waals surface area (Å²) < 4.78 is 7.13. The zero-order valence-corrected chi connectivity index (χ0v) is 17.0. The molecule has 0 aliphatic carbocycles. The van der Waals surface area contributed by atoms with E-state index in [9.17, 15) is 14.9 Å². The summed E-state index contributed by atoms with van der Waals surface area (Å²) in [6.07, 6.45) is 4.20. The molecule has 1 N–H and O–H groups in total. The lowest BCUT2D eigenvalue weighted by Crippen LogP contribution is -2.09. The predicted octanol–water partition coefficient (Wildman–Crippen LogP) is 5.15. The number of nitrogens with zero attached hydrogens (tertiary/aromatic N) is 3. The van der Waals surface area contributed by atoms with E-state index in [0.29, 0.717) is 26.9 Å². The van der Waals surface area contributed by atoms with Gasteiger partial charge >= 0.3 is 5.88 Å². The SMILES string of the molecule is O=C(/C=C/c1ccc([N+](=O)[O-])o1)Nc1nn(Cc2ccc(Cl)cc2Cl)cc1Br. The number of hydrogen-bond acceptors (Lipinski definition) is 5. The maximum absolute atomic E-state index is 12.1. The number of halogens is 3. The number of anilines is 1. The van der Waals surface area contributed by atoms with E-state index in [0.717, 1.165) is 5.56 Å². The van der Waals surface area contributed by atoms with Crippen LogP contribution in [0.1, 0.15) is 11.3 Å². The van der Waals surface area contributed by atoms with E-state index in [4.69, 9.17) is 27.6 Å². The molecule has 0 aliphatic rings. The van der Waals surface area contributed by atoms with E-state index < -0.39 is 16.7 Å². The van der Waals surface area contributed by atoms with Crippen molar-refractivity contribution in [2.24, 2.45) is 0 Å². The van der Waals surface area contributed by atoms with Gasteiger partial charge in [-0.15, -0.1) is 0 Å². The highest BCUT2D eigenvalue weighted by atomic mass is 79.9. The summed E-state index contributed by atoms with van der Waals surface area (Å²) in [5.41, 5.74) is 0.818. The Morgan fingerprint density at radius 2 is 2.14 bits per heavy atom. The van der Waals surface area contributed by atoms with E-state index in [2.05, 4.69) is 26.3 Å². The van der Waals surface area contributed by atoms with Gasteiger partial charge in [-0.3, -0.25) is 19.6 Å². The van der Waals surface area contributed by atoms with Crippen molar-refractivity contribution in [3.8, 4) is 0 Å². The highest BCUT2D eigenvalue weighted by molar-refractivity contribution is 9.10. The third kappa shape index (κ3) is 5.00. The summed E-state index contributed by atoms with van der Waals surface area (Å²) >= 11 is 15.4. The number of amides is 1. The fourth-order valence-corrected chi connectivity index (χ4v) is 3.12. The van der Waals surface area contributed by atoms with Crippen LogP contribution in [0.15, 0.2) is 51.5 Å². The van der Waals surface area contributed by atoms with Crippen LogP contribution in [-0.4, -0.2) is 20.6 Å². The average Bonchev–Trinajstić information content (AvgIpc) is 3.23. The van der Waals surface area contributed by atoms with Crippen LogP contribution in [0.25, 0.3) is 6.08 Å². The standard InChI is InChI=1S/C17H11BrCl2N4O4/c18-13-9-23(8-10-1-2-11(19)7-14(10)20)22-17(13)21-15(25)5-3-12-4-6-16(28-12)24(26)27/h1-7,9H,8H2,(H,21,22,25)/b5-3+. The van der Waals surface area contributed by atoms with Crippen molar-refractivity contribution in [2.75, 3.05) is 5.32 Å². The summed E-state index contributed by atoms with van der Waals surface area (Å²) in [6.45, 7) is 0.385. The molecule has 28 heavy (non-hydrogen) atoms. The third-order valence-electron chi connectivity index (χ3n) is 3.50. The monoisotopic (exact) mass is 484 g/mol. The van der Waals surface area contributed by atoms with Gasteiger partial charge in [0.2, 0.25) is 5.91 Å². The number of aromatic nitrogens is 2. The van der Waals surface area contributed by atoms with Gasteiger partial charge in [-0.25, -0.2) is 0 Å². The zero-order valence-electron chi connectivity index (χ0n) is 13.9. The molecule has 0 atom stereocenters. The number of hydrogen-bond donors (Lipinski definition) is 1. The van der Waals surface area contributed by atoms with Crippen LogP contribution in [0.4, 0.5) is 11.7 Å². The molecular weight excluding hydrogens is 475 g/mol. The first-order valence-corrected chi connectivity index (χ1v) is 9.27. The van der Waals surface area contributed by atoms with E-state index >= 15 is 0 Å². The second kappa shape index (κ2) is 8.59. The van der Waals surface area contributed by atoms with Crippen LogP contribution in [0.5, 0.6) is 0 Å². The minimum absolute atomic E-state index is 0.184. The Bertz CT molecular complexity index is 1080. The molecule has 8 nitrogen and oxygen atoms in total. The smallest absolute Gasteiger partial charge is 0.401 e. The first-order chi connectivity index (χ1) is 13.3. The highest BCUT2D eigenvalue weighted by Crippen LogP contribution is 2.24. The van der Waals surface area contributed by atoms with Gasteiger partial charge in [-0.2, -0.15) is 5.10 Å². The van der Waals surface area contributed by atoms with Crippen LogP contribution in [0, 0.1) is 10.1 Å². The molecule has 0 fully saturated rings. The topological polar surface area (TPSA) is 103 Å². The Morgan fingerprint density at radius 1 is 1.36 bits per heavy atom. The summed E-state index contributed by atoms with van der Waals surface area (Å²) in [6, 6.07) is 7.77. The van der Waals surface area contributed by atoms with Gasteiger partial charge in [0.1, 0.15) is 10.7 Å². The molecule has 3 rings (SSSR count). The number of rotatable bonds is 6. The van der Waals surface area contributed by atoms with Crippen LogP contribution >= 0.6 is 39.1 Å². The molecule has 1 amide bonds. The van der Waals surface area contributed by atoms with E-state index in [-0.39, 0.29) is 5.76 Å². The number of furan rings is 1. The summed E-state index contributed by atoms with van der Waals surface area (Å²) in [5.74, 6) is -0.383. The maximum Gasteiger partial charge on any atom is 0.433 e. The first kappa shape index (κ1) is 20.1. The minimum atomic E-state index is -0.659. The summed E-state index contributed by atoms with van der Waals surface area (Å²) in [7, 11) is 0. The van der Waals surface area contributed by atoms with Crippen molar-refractivity contribution in [3.63, 3.8) is 0 Å². The van der Waals surface area contributed by atoms with Gasteiger partial charge in [0.15, 0.2) is 5.82 Å².